The van der Waals surface area contributed by atoms with Crippen molar-refractivity contribution in [1.82, 2.24) is 9.62 Å². The standard InChI is InChI=1S/C19H26N2O5S/c1-13-4-2-3-11-21(13)27(25,26)17-9-6-14(7-10-17)18(22)20-16-8-5-15(12-16)19(23)24/h6-7,9-10,13,15-16H,2-5,8,11-12H2,1H3,(H,20,22)(H,23,24)/t13?,15-,16+/m1/s1. The third-order valence-electron chi connectivity index (χ3n) is 5.58. The van der Waals surface area contributed by atoms with Crippen LogP contribution >= 0.6 is 0 Å². The molecule has 8 heteroatoms. The highest BCUT2D eigenvalue weighted by molar-refractivity contribution is 7.89. The van der Waals surface area contributed by atoms with Crippen LogP contribution in [0.4, 0.5) is 0 Å². The van der Waals surface area contributed by atoms with Crippen molar-refractivity contribution in [3.05, 3.63) is 29.8 Å². The zero-order valence-electron chi connectivity index (χ0n) is 15.4. The highest BCUT2D eigenvalue weighted by atomic mass is 32.2. The Kier molecular flexibility index (Phi) is 5.86. The minimum absolute atomic E-state index is 0.0173. The molecule has 27 heavy (non-hydrogen) atoms. The van der Waals surface area contributed by atoms with Crippen LogP contribution in [0, 0.1) is 5.92 Å². The Labute approximate surface area is 159 Å². The molecule has 7 nitrogen and oxygen atoms in total. The molecule has 0 bridgehead atoms. The van der Waals surface area contributed by atoms with Crippen LogP contribution in [0.2, 0.25) is 0 Å². The first kappa shape index (κ1) is 19.8. The van der Waals surface area contributed by atoms with Crippen LogP contribution in [0.5, 0.6) is 0 Å². The number of sulfonamides is 1. The molecule has 1 aliphatic carbocycles. The maximum Gasteiger partial charge on any atom is 0.306 e. The fraction of sp³-hybridized carbons (Fsp3) is 0.579. The number of rotatable bonds is 5. The van der Waals surface area contributed by atoms with Crippen molar-refractivity contribution >= 4 is 21.9 Å². The smallest absolute Gasteiger partial charge is 0.306 e. The van der Waals surface area contributed by atoms with E-state index in [1.807, 2.05) is 6.92 Å². The van der Waals surface area contributed by atoms with Gasteiger partial charge in [0.15, 0.2) is 0 Å². The van der Waals surface area contributed by atoms with Crippen molar-refractivity contribution in [2.24, 2.45) is 5.92 Å². The molecule has 1 saturated heterocycles. The van der Waals surface area contributed by atoms with Crippen molar-refractivity contribution in [2.45, 2.75) is 62.4 Å². The van der Waals surface area contributed by atoms with Crippen molar-refractivity contribution in [1.29, 1.82) is 0 Å². The van der Waals surface area contributed by atoms with E-state index in [0.29, 0.717) is 31.4 Å². The molecule has 0 spiro atoms. The molecule has 1 aromatic carbocycles. The number of hydrogen-bond donors (Lipinski definition) is 2. The highest BCUT2D eigenvalue weighted by Crippen LogP contribution is 2.27. The topological polar surface area (TPSA) is 104 Å². The Hall–Kier alpha value is -1.93. The number of carboxylic acid groups (broad SMARTS) is 1. The zero-order chi connectivity index (χ0) is 19.6. The van der Waals surface area contributed by atoms with E-state index < -0.39 is 21.9 Å². The summed E-state index contributed by atoms with van der Waals surface area (Å²) in [7, 11) is -3.56. The fourth-order valence-corrected chi connectivity index (χ4v) is 5.65. The number of aliphatic carboxylic acids is 1. The number of benzene rings is 1. The second kappa shape index (κ2) is 7.98. The van der Waals surface area contributed by atoms with Crippen LogP contribution in [0.15, 0.2) is 29.2 Å². The van der Waals surface area contributed by atoms with Crippen LogP contribution in [0.25, 0.3) is 0 Å². The number of amides is 1. The molecule has 1 amide bonds. The van der Waals surface area contributed by atoms with Gasteiger partial charge in [0.2, 0.25) is 10.0 Å². The Morgan fingerprint density at radius 2 is 1.81 bits per heavy atom. The van der Waals surface area contributed by atoms with E-state index in [9.17, 15) is 18.0 Å². The molecule has 148 valence electrons. The number of carbonyl (C=O) groups excluding carboxylic acids is 1. The molecule has 1 saturated carbocycles. The van der Waals surface area contributed by atoms with Gasteiger partial charge in [0.1, 0.15) is 0 Å². The number of carboxylic acids is 1. The lowest BCUT2D eigenvalue weighted by atomic mass is 10.1. The molecule has 2 aliphatic rings. The van der Waals surface area contributed by atoms with Gasteiger partial charge in [-0.2, -0.15) is 4.31 Å². The first-order valence-electron chi connectivity index (χ1n) is 9.44. The van der Waals surface area contributed by atoms with E-state index in [4.69, 9.17) is 5.11 Å². The molecule has 2 fully saturated rings. The van der Waals surface area contributed by atoms with Gasteiger partial charge in [0, 0.05) is 24.2 Å². The van der Waals surface area contributed by atoms with E-state index in [-0.39, 0.29) is 22.9 Å². The summed E-state index contributed by atoms with van der Waals surface area (Å²) < 4.78 is 27.2. The third kappa shape index (κ3) is 4.32. The van der Waals surface area contributed by atoms with Crippen LogP contribution in [-0.2, 0) is 14.8 Å². The summed E-state index contributed by atoms with van der Waals surface area (Å²) in [5.74, 6) is -1.54. The molecule has 0 radical (unpaired) electrons. The van der Waals surface area contributed by atoms with Crippen LogP contribution in [-0.4, -0.2) is 48.3 Å². The summed E-state index contributed by atoms with van der Waals surface area (Å²) in [6.45, 7) is 2.45. The quantitative estimate of drug-likeness (QED) is 0.797. The number of hydrogen-bond acceptors (Lipinski definition) is 4. The maximum absolute atomic E-state index is 12.8. The largest absolute Gasteiger partial charge is 0.481 e. The second-order valence-electron chi connectivity index (χ2n) is 7.50. The average Bonchev–Trinajstić information content (AvgIpc) is 3.11. The predicted octanol–water partition coefficient (Wildman–Crippen LogP) is 2.23. The lowest BCUT2D eigenvalue weighted by molar-refractivity contribution is -0.141. The van der Waals surface area contributed by atoms with Gasteiger partial charge in [-0.05, 0) is 63.3 Å². The van der Waals surface area contributed by atoms with Gasteiger partial charge in [0.25, 0.3) is 5.91 Å². The van der Waals surface area contributed by atoms with Gasteiger partial charge in [-0.15, -0.1) is 0 Å². The summed E-state index contributed by atoms with van der Waals surface area (Å²) in [6, 6.07) is 5.80. The summed E-state index contributed by atoms with van der Waals surface area (Å²) in [4.78, 5) is 23.6. The van der Waals surface area contributed by atoms with Gasteiger partial charge in [-0.3, -0.25) is 9.59 Å². The Morgan fingerprint density at radius 1 is 1.11 bits per heavy atom. The monoisotopic (exact) mass is 394 g/mol. The first-order valence-corrected chi connectivity index (χ1v) is 10.9. The summed E-state index contributed by atoms with van der Waals surface area (Å²) >= 11 is 0. The molecule has 3 rings (SSSR count). The summed E-state index contributed by atoms with van der Waals surface area (Å²) in [5, 5.41) is 11.9. The minimum atomic E-state index is -3.56. The third-order valence-corrected chi connectivity index (χ3v) is 7.61. The summed E-state index contributed by atoms with van der Waals surface area (Å²) in [6.07, 6.45) is 4.39. The van der Waals surface area contributed by atoms with Gasteiger partial charge >= 0.3 is 5.97 Å². The number of nitrogens with one attached hydrogen (secondary N) is 1. The molecule has 1 aromatic rings. The van der Waals surface area contributed by atoms with Crippen molar-refractivity contribution in [3.63, 3.8) is 0 Å². The Bertz CT molecular complexity index is 806. The first-order chi connectivity index (χ1) is 12.8. The van der Waals surface area contributed by atoms with Crippen molar-refractivity contribution in [3.8, 4) is 0 Å². The molecular formula is C19H26N2O5S. The van der Waals surface area contributed by atoms with E-state index in [1.54, 1.807) is 0 Å². The lowest BCUT2D eigenvalue weighted by Gasteiger charge is -2.32. The van der Waals surface area contributed by atoms with Gasteiger partial charge < -0.3 is 10.4 Å². The SMILES string of the molecule is CC1CCCCN1S(=O)(=O)c1ccc(C(=O)N[C@H]2CC[C@@H](C(=O)O)C2)cc1. The van der Waals surface area contributed by atoms with Crippen molar-refractivity contribution < 1.29 is 23.1 Å². The van der Waals surface area contributed by atoms with Crippen LogP contribution in [0.1, 0.15) is 55.8 Å². The predicted molar refractivity (Wildman–Crippen MR) is 99.9 cm³/mol. The minimum Gasteiger partial charge on any atom is -0.481 e. The lowest BCUT2D eigenvalue weighted by Crippen LogP contribution is -2.41. The second-order valence-corrected chi connectivity index (χ2v) is 9.39. The molecule has 2 N–H and O–H groups in total. The van der Waals surface area contributed by atoms with E-state index >= 15 is 0 Å². The zero-order valence-corrected chi connectivity index (χ0v) is 16.2. The highest BCUT2D eigenvalue weighted by Gasteiger charge is 2.32. The molecule has 1 heterocycles. The Morgan fingerprint density at radius 3 is 2.41 bits per heavy atom. The molecule has 1 aliphatic heterocycles. The fourth-order valence-electron chi connectivity index (χ4n) is 3.95. The van der Waals surface area contributed by atoms with Crippen LogP contribution < -0.4 is 5.32 Å². The number of carbonyl (C=O) groups is 2. The van der Waals surface area contributed by atoms with Crippen LogP contribution in [0.3, 0.4) is 0 Å². The number of piperidine rings is 1. The van der Waals surface area contributed by atoms with E-state index in [0.717, 1.165) is 19.3 Å². The van der Waals surface area contributed by atoms with E-state index in [1.165, 1.54) is 28.6 Å². The van der Waals surface area contributed by atoms with E-state index in [2.05, 4.69) is 5.32 Å². The van der Waals surface area contributed by atoms with Gasteiger partial charge in [-0.1, -0.05) is 6.42 Å². The number of nitrogens with zero attached hydrogens (tertiary/aromatic N) is 1. The normalized spacial score (nSPS) is 26.6. The molecule has 3 atom stereocenters. The van der Waals surface area contributed by atoms with Gasteiger partial charge in [0.05, 0.1) is 10.8 Å². The Balaban J connectivity index is 1.66. The maximum atomic E-state index is 12.8. The molecule has 0 aromatic heterocycles. The summed E-state index contributed by atoms with van der Waals surface area (Å²) in [5.41, 5.74) is 0.374. The van der Waals surface area contributed by atoms with Gasteiger partial charge in [-0.25, -0.2) is 8.42 Å². The van der Waals surface area contributed by atoms with Crippen molar-refractivity contribution in [2.75, 3.05) is 6.54 Å². The molecular weight excluding hydrogens is 368 g/mol. The average molecular weight is 394 g/mol. The molecule has 1 unspecified atom stereocenters.